The highest BCUT2D eigenvalue weighted by Gasteiger charge is 2.24. The van der Waals surface area contributed by atoms with Crippen LogP contribution in [0.4, 0.5) is 17.1 Å². The van der Waals surface area contributed by atoms with Gasteiger partial charge in [0.2, 0.25) is 0 Å². The second-order valence-corrected chi connectivity index (χ2v) is 8.77. The molecule has 0 saturated carbocycles. The molecule has 0 atom stereocenters. The molecule has 0 aliphatic rings. The quantitative estimate of drug-likeness (QED) is 0.255. The van der Waals surface area contributed by atoms with Crippen molar-refractivity contribution < 1.29 is 23.2 Å². The number of hydrazone groups is 1. The van der Waals surface area contributed by atoms with E-state index < -0.39 is 31.5 Å². The number of anilines is 2. The van der Waals surface area contributed by atoms with Crippen LogP contribution in [0.1, 0.15) is 27.0 Å². The standard InChI is InChI=1S/C22H20N4O6S/c1-14-7-8-16(15(2)11-14)13-23-24-20-10-9-17(26(29)30)12-21(20)33(31,32)25-19-6-4-3-5-18(19)22(27)28/h3-13,24-25H,1-2H3,(H,27,28). The fourth-order valence-corrected chi connectivity index (χ4v) is 4.30. The highest BCUT2D eigenvalue weighted by molar-refractivity contribution is 7.93. The van der Waals surface area contributed by atoms with Gasteiger partial charge in [0, 0.05) is 12.1 Å². The topological polar surface area (TPSA) is 151 Å². The molecule has 0 aromatic heterocycles. The summed E-state index contributed by atoms with van der Waals surface area (Å²) in [6.45, 7) is 3.86. The van der Waals surface area contributed by atoms with Crippen LogP contribution < -0.4 is 10.1 Å². The number of non-ortho nitro benzene ring substituents is 1. The van der Waals surface area contributed by atoms with Crippen LogP contribution in [-0.2, 0) is 10.0 Å². The summed E-state index contributed by atoms with van der Waals surface area (Å²) in [5.74, 6) is -1.33. The van der Waals surface area contributed by atoms with Crippen LogP contribution in [0.15, 0.2) is 70.7 Å². The number of nitro groups is 1. The van der Waals surface area contributed by atoms with Gasteiger partial charge < -0.3 is 5.11 Å². The van der Waals surface area contributed by atoms with Crippen LogP contribution in [0.25, 0.3) is 0 Å². The van der Waals surface area contributed by atoms with E-state index >= 15 is 0 Å². The van der Waals surface area contributed by atoms with E-state index in [0.717, 1.165) is 28.8 Å². The molecule has 0 radical (unpaired) electrons. The molecule has 0 spiro atoms. The molecule has 170 valence electrons. The van der Waals surface area contributed by atoms with Crippen molar-refractivity contribution in [3.05, 3.63) is 93.0 Å². The van der Waals surface area contributed by atoms with Crippen LogP contribution in [0.2, 0.25) is 0 Å². The van der Waals surface area contributed by atoms with E-state index in [1.807, 2.05) is 32.0 Å². The molecular formula is C22H20N4O6S. The monoisotopic (exact) mass is 468 g/mol. The smallest absolute Gasteiger partial charge is 0.337 e. The third-order valence-corrected chi connectivity index (χ3v) is 6.09. The predicted octanol–water partition coefficient (Wildman–Crippen LogP) is 4.16. The molecule has 0 unspecified atom stereocenters. The van der Waals surface area contributed by atoms with Gasteiger partial charge in [-0.1, -0.05) is 35.9 Å². The Morgan fingerprint density at radius 3 is 2.45 bits per heavy atom. The number of carboxylic acids is 1. The van der Waals surface area contributed by atoms with E-state index in [1.54, 1.807) is 0 Å². The summed E-state index contributed by atoms with van der Waals surface area (Å²) in [5.41, 5.74) is 4.52. The Hall–Kier alpha value is -4.25. The van der Waals surface area contributed by atoms with E-state index in [0.29, 0.717) is 0 Å². The third kappa shape index (κ3) is 5.52. The van der Waals surface area contributed by atoms with Gasteiger partial charge in [-0.05, 0) is 43.2 Å². The third-order valence-electron chi connectivity index (χ3n) is 4.68. The van der Waals surface area contributed by atoms with Gasteiger partial charge >= 0.3 is 5.97 Å². The summed E-state index contributed by atoms with van der Waals surface area (Å²) in [6.07, 6.45) is 1.50. The molecule has 0 saturated heterocycles. The largest absolute Gasteiger partial charge is 0.478 e. The van der Waals surface area contributed by atoms with Crippen LogP contribution in [-0.4, -0.2) is 30.6 Å². The normalized spacial score (nSPS) is 11.3. The zero-order chi connectivity index (χ0) is 24.2. The Bertz CT molecular complexity index is 1370. The SMILES string of the molecule is Cc1ccc(C=NNc2ccc([N+](=O)[O-])cc2S(=O)(=O)Nc2ccccc2C(=O)O)c(C)c1. The van der Waals surface area contributed by atoms with Gasteiger partial charge in [0.25, 0.3) is 15.7 Å². The van der Waals surface area contributed by atoms with Crippen LogP contribution >= 0.6 is 0 Å². The molecule has 10 nitrogen and oxygen atoms in total. The maximum Gasteiger partial charge on any atom is 0.337 e. The van der Waals surface area contributed by atoms with Gasteiger partial charge in [0.05, 0.1) is 28.1 Å². The summed E-state index contributed by atoms with van der Waals surface area (Å²) >= 11 is 0. The van der Waals surface area contributed by atoms with E-state index in [2.05, 4.69) is 15.2 Å². The number of hydrogen-bond donors (Lipinski definition) is 3. The summed E-state index contributed by atoms with van der Waals surface area (Å²) in [6, 6.07) is 14.4. The van der Waals surface area contributed by atoms with Gasteiger partial charge in [-0.2, -0.15) is 5.10 Å². The molecule has 3 aromatic carbocycles. The fourth-order valence-electron chi connectivity index (χ4n) is 3.04. The minimum absolute atomic E-state index is 0.0260. The Morgan fingerprint density at radius 2 is 1.79 bits per heavy atom. The number of nitro benzene ring substituents is 1. The summed E-state index contributed by atoms with van der Waals surface area (Å²) in [5, 5.41) is 24.6. The lowest BCUT2D eigenvalue weighted by molar-refractivity contribution is -0.385. The molecule has 3 rings (SSSR count). The summed E-state index contributed by atoms with van der Waals surface area (Å²) in [7, 11) is -4.42. The van der Waals surface area contributed by atoms with Crippen molar-refractivity contribution in [3.8, 4) is 0 Å². The molecule has 0 heterocycles. The van der Waals surface area contributed by atoms with Crippen molar-refractivity contribution >= 4 is 39.3 Å². The fraction of sp³-hybridized carbons (Fsp3) is 0.0909. The highest BCUT2D eigenvalue weighted by atomic mass is 32.2. The Morgan fingerprint density at radius 1 is 1.06 bits per heavy atom. The van der Waals surface area contributed by atoms with Crippen molar-refractivity contribution in [1.29, 1.82) is 0 Å². The first kappa shape index (κ1) is 23.4. The minimum atomic E-state index is -4.42. The highest BCUT2D eigenvalue weighted by Crippen LogP contribution is 2.29. The molecule has 3 N–H and O–H groups in total. The first-order valence-electron chi connectivity index (χ1n) is 9.58. The van der Waals surface area contributed by atoms with Gasteiger partial charge in [0.1, 0.15) is 4.90 Å². The van der Waals surface area contributed by atoms with Crippen LogP contribution in [0.3, 0.4) is 0 Å². The van der Waals surface area contributed by atoms with Gasteiger partial charge in [0.15, 0.2) is 0 Å². The first-order valence-corrected chi connectivity index (χ1v) is 11.1. The molecule has 3 aromatic rings. The number of benzene rings is 3. The second kappa shape index (κ2) is 9.49. The maximum absolute atomic E-state index is 13.1. The van der Waals surface area contributed by atoms with Crippen molar-refractivity contribution in [2.24, 2.45) is 5.10 Å². The van der Waals surface area contributed by atoms with Crippen LogP contribution in [0, 0.1) is 24.0 Å². The Labute approximate surface area is 189 Å². The predicted molar refractivity (Wildman–Crippen MR) is 124 cm³/mol. The lowest BCUT2D eigenvalue weighted by Crippen LogP contribution is -2.17. The molecular weight excluding hydrogens is 448 g/mol. The number of carboxylic acid groups (broad SMARTS) is 1. The number of sulfonamides is 1. The van der Waals surface area contributed by atoms with Crippen molar-refractivity contribution in [3.63, 3.8) is 0 Å². The number of aryl methyl sites for hydroxylation is 2. The zero-order valence-electron chi connectivity index (χ0n) is 17.6. The average molecular weight is 468 g/mol. The molecule has 0 amide bonds. The molecule has 0 aliphatic heterocycles. The molecule has 0 aliphatic carbocycles. The number of aromatic carboxylic acids is 1. The van der Waals surface area contributed by atoms with E-state index in [1.165, 1.54) is 36.5 Å². The molecule has 0 bridgehead atoms. The zero-order valence-corrected chi connectivity index (χ0v) is 18.5. The average Bonchev–Trinajstić information content (AvgIpc) is 2.75. The Balaban J connectivity index is 1.99. The van der Waals surface area contributed by atoms with E-state index in [4.69, 9.17) is 0 Å². The van der Waals surface area contributed by atoms with Crippen molar-refractivity contribution in [1.82, 2.24) is 0 Å². The van der Waals surface area contributed by atoms with Crippen molar-refractivity contribution in [2.75, 3.05) is 10.1 Å². The molecule has 11 heteroatoms. The number of carbonyl (C=O) groups is 1. The van der Waals surface area contributed by atoms with Crippen molar-refractivity contribution in [2.45, 2.75) is 18.7 Å². The second-order valence-electron chi connectivity index (χ2n) is 7.12. The number of nitrogens with zero attached hydrogens (tertiary/aromatic N) is 2. The number of rotatable bonds is 8. The number of nitrogens with one attached hydrogen (secondary N) is 2. The molecule has 0 fully saturated rings. The number of hydrogen-bond acceptors (Lipinski definition) is 7. The Kier molecular flexibility index (Phi) is 6.73. The summed E-state index contributed by atoms with van der Waals surface area (Å²) in [4.78, 5) is 21.5. The minimum Gasteiger partial charge on any atom is -0.478 e. The maximum atomic E-state index is 13.1. The number of para-hydroxylation sites is 1. The van der Waals surface area contributed by atoms with Gasteiger partial charge in [-0.15, -0.1) is 0 Å². The summed E-state index contributed by atoms with van der Waals surface area (Å²) < 4.78 is 28.3. The van der Waals surface area contributed by atoms with E-state index in [-0.39, 0.29) is 16.9 Å². The van der Waals surface area contributed by atoms with Gasteiger partial charge in [-0.25, -0.2) is 13.2 Å². The van der Waals surface area contributed by atoms with Crippen LogP contribution in [0.5, 0.6) is 0 Å². The lowest BCUT2D eigenvalue weighted by atomic mass is 10.1. The van der Waals surface area contributed by atoms with E-state index in [9.17, 15) is 28.4 Å². The first-order chi connectivity index (χ1) is 15.6. The van der Waals surface area contributed by atoms with Gasteiger partial charge in [-0.3, -0.25) is 20.3 Å². The lowest BCUT2D eigenvalue weighted by Gasteiger charge is -2.13. The molecule has 33 heavy (non-hydrogen) atoms.